The molecule has 0 radical (unpaired) electrons. The van der Waals surface area contributed by atoms with Gasteiger partial charge in [0.05, 0.1) is 16.0 Å². The van der Waals surface area contributed by atoms with E-state index in [-0.39, 0.29) is 23.1 Å². The summed E-state index contributed by atoms with van der Waals surface area (Å²) >= 11 is 0. The summed E-state index contributed by atoms with van der Waals surface area (Å²) in [5, 5.41) is 11.5. The summed E-state index contributed by atoms with van der Waals surface area (Å²) in [5.41, 5.74) is 0.420. The topological polar surface area (TPSA) is 116 Å². The van der Waals surface area contributed by atoms with Gasteiger partial charge in [-0.25, -0.2) is 13.4 Å². The molecule has 0 bridgehead atoms. The van der Waals surface area contributed by atoms with E-state index in [2.05, 4.69) is 4.98 Å². The average Bonchev–Trinajstić information content (AvgIpc) is 3.45. The van der Waals surface area contributed by atoms with Crippen molar-refractivity contribution in [3.05, 3.63) is 70.7 Å². The van der Waals surface area contributed by atoms with Gasteiger partial charge in [-0.3, -0.25) is 10.1 Å². The lowest BCUT2D eigenvalue weighted by molar-refractivity contribution is -0.386. The lowest BCUT2D eigenvalue weighted by Crippen LogP contribution is -2.27. The minimum atomic E-state index is -3.76. The number of nitro groups is 1. The van der Waals surface area contributed by atoms with Crippen LogP contribution in [0.2, 0.25) is 0 Å². The summed E-state index contributed by atoms with van der Waals surface area (Å²) in [6, 6.07) is 13.0. The number of ether oxygens (including phenoxy) is 1. The van der Waals surface area contributed by atoms with E-state index >= 15 is 0 Å². The Morgan fingerprint density at radius 1 is 1.13 bits per heavy atom. The summed E-state index contributed by atoms with van der Waals surface area (Å²) in [6.45, 7) is 0.705. The Kier molecular flexibility index (Phi) is 5.51. The Labute approximate surface area is 173 Å². The molecule has 2 heterocycles. The fraction of sp³-hybridized carbons (Fsp3) is 0.250. The van der Waals surface area contributed by atoms with Crippen molar-refractivity contribution >= 4 is 15.7 Å². The maximum atomic E-state index is 12.7. The third kappa shape index (κ3) is 4.05. The zero-order valence-corrected chi connectivity index (χ0v) is 16.7. The average molecular weight is 429 g/mol. The maximum Gasteiger partial charge on any atom is 0.312 e. The van der Waals surface area contributed by atoms with Crippen LogP contribution in [0.3, 0.4) is 0 Å². The van der Waals surface area contributed by atoms with Crippen LogP contribution >= 0.6 is 0 Å². The van der Waals surface area contributed by atoms with Crippen LogP contribution in [0.5, 0.6) is 5.75 Å². The molecule has 1 aromatic heterocycles. The fourth-order valence-electron chi connectivity index (χ4n) is 3.25. The number of aromatic nitrogens is 1. The monoisotopic (exact) mass is 429 g/mol. The molecule has 0 aliphatic carbocycles. The number of hydrogen-bond acceptors (Lipinski definition) is 7. The van der Waals surface area contributed by atoms with E-state index in [0.29, 0.717) is 18.8 Å². The summed E-state index contributed by atoms with van der Waals surface area (Å²) in [5.74, 6) is 0.743. The van der Waals surface area contributed by atoms with E-state index in [1.807, 2.05) is 30.3 Å². The highest BCUT2D eigenvalue weighted by Gasteiger charge is 2.30. The lowest BCUT2D eigenvalue weighted by atomic mass is 10.2. The number of sulfonamides is 1. The SMILES string of the molecule is O=[N+]([O-])c1cc(S(=O)(=O)N2CCCC2)ccc1OCc1ncc(-c2ccccc2)o1. The van der Waals surface area contributed by atoms with Gasteiger partial charge < -0.3 is 9.15 Å². The highest BCUT2D eigenvalue weighted by Crippen LogP contribution is 2.32. The van der Waals surface area contributed by atoms with E-state index in [1.54, 1.807) is 6.20 Å². The second-order valence-electron chi connectivity index (χ2n) is 6.77. The van der Waals surface area contributed by atoms with Crippen LogP contribution in [-0.4, -0.2) is 35.7 Å². The number of benzene rings is 2. The highest BCUT2D eigenvalue weighted by molar-refractivity contribution is 7.89. The van der Waals surface area contributed by atoms with Crippen LogP contribution in [0.15, 0.2) is 64.0 Å². The molecule has 0 atom stereocenters. The molecule has 0 spiro atoms. The number of oxazole rings is 1. The van der Waals surface area contributed by atoms with Gasteiger partial charge >= 0.3 is 5.69 Å². The Hall–Kier alpha value is -3.24. The molecule has 1 aliphatic heterocycles. The van der Waals surface area contributed by atoms with Gasteiger partial charge in [-0.1, -0.05) is 30.3 Å². The first-order valence-electron chi connectivity index (χ1n) is 9.37. The van der Waals surface area contributed by atoms with Gasteiger partial charge in [0.2, 0.25) is 15.9 Å². The molecular weight excluding hydrogens is 410 g/mol. The third-order valence-corrected chi connectivity index (χ3v) is 6.69. The predicted molar refractivity (Wildman–Crippen MR) is 107 cm³/mol. The van der Waals surface area contributed by atoms with Crippen molar-refractivity contribution in [3.8, 4) is 17.1 Å². The molecule has 1 fully saturated rings. The molecular formula is C20H19N3O6S. The Morgan fingerprint density at radius 3 is 2.57 bits per heavy atom. The van der Waals surface area contributed by atoms with Crippen LogP contribution in [0, 0.1) is 10.1 Å². The number of hydrogen-bond donors (Lipinski definition) is 0. The first-order valence-corrected chi connectivity index (χ1v) is 10.8. The molecule has 4 rings (SSSR count). The standard InChI is InChI=1S/C20H19N3O6S/c24-23(25)17-12-16(30(26,27)22-10-4-5-11-22)8-9-18(17)28-14-20-21-13-19(29-20)15-6-2-1-3-7-15/h1-3,6-9,12-13H,4-5,10-11,14H2. The molecule has 0 N–H and O–H groups in total. The maximum absolute atomic E-state index is 12.7. The molecule has 0 unspecified atom stereocenters. The van der Waals surface area contributed by atoms with Crippen molar-refractivity contribution < 1.29 is 22.5 Å². The second-order valence-corrected chi connectivity index (χ2v) is 8.71. The van der Waals surface area contributed by atoms with E-state index in [4.69, 9.17) is 9.15 Å². The quantitative estimate of drug-likeness (QED) is 0.416. The smallest absolute Gasteiger partial charge is 0.312 e. The number of nitro benzene ring substituents is 1. The van der Waals surface area contributed by atoms with Crippen LogP contribution < -0.4 is 4.74 Å². The Bertz CT molecular complexity index is 1150. The fourth-order valence-corrected chi connectivity index (χ4v) is 4.79. The third-order valence-electron chi connectivity index (χ3n) is 4.79. The van der Waals surface area contributed by atoms with E-state index in [9.17, 15) is 18.5 Å². The van der Waals surface area contributed by atoms with E-state index in [1.165, 1.54) is 16.4 Å². The summed E-state index contributed by atoms with van der Waals surface area (Å²) in [4.78, 5) is 14.8. The normalized spacial score (nSPS) is 14.7. The van der Waals surface area contributed by atoms with Crippen molar-refractivity contribution in [1.82, 2.24) is 9.29 Å². The van der Waals surface area contributed by atoms with Crippen LogP contribution in [-0.2, 0) is 16.6 Å². The zero-order valence-electron chi connectivity index (χ0n) is 15.9. The molecule has 156 valence electrons. The first-order chi connectivity index (χ1) is 14.4. The van der Waals surface area contributed by atoms with Crippen molar-refractivity contribution in [2.45, 2.75) is 24.3 Å². The Morgan fingerprint density at radius 2 is 1.87 bits per heavy atom. The summed E-state index contributed by atoms with van der Waals surface area (Å²) < 4.78 is 37.8. The number of rotatable bonds is 7. The molecule has 10 heteroatoms. The zero-order chi connectivity index (χ0) is 21.1. The minimum absolute atomic E-state index is 0.0557. The van der Waals surface area contributed by atoms with Crippen LogP contribution in [0.4, 0.5) is 5.69 Å². The predicted octanol–water partition coefficient (Wildman–Crippen LogP) is 3.61. The Balaban J connectivity index is 1.53. The molecule has 0 saturated carbocycles. The minimum Gasteiger partial charge on any atom is -0.477 e. The van der Waals surface area contributed by atoms with Crippen molar-refractivity contribution in [1.29, 1.82) is 0 Å². The molecule has 1 aliphatic rings. The van der Waals surface area contributed by atoms with Crippen molar-refractivity contribution in [2.75, 3.05) is 13.1 Å². The second kappa shape index (κ2) is 8.25. The van der Waals surface area contributed by atoms with Gasteiger partial charge in [0, 0.05) is 24.7 Å². The van der Waals surface area contributed by atoms with Crippen LogP contribution in [0.25, 0.3) is 11.3 Å². The van der Waals surface area contributed by atoms with Gasteiger partial charge in [0.15, 0.2) is 18.1 Å². The van der Waals surface area contributed by atoms with Crippen molar-refractivity contribution in [3.63, 3.8) is 0 Å². The van der Waals surface area contributed by atoms with Gasteiger partial charge in [-0.2, -0.15) is 4.31 Å². The summed E-state index contributed by atoms with van der Waals surface area (Å²) in [7, 11) is -3.76. The van der Waals surface area contributed by atoms with Gasteiger partial charge in [0.25, 0.3) is 0 Å². The molecule has 9 nitrogen and oxygen atoms in total. The number of nitrogens with zero attached hydrogens (tertiary/aromatic N) is 3. The molecule has 0 amide bonds. The molecule has 1 saturated heterocycles. The highest BCUT2D eigenvalue weighted by atomic mass is 32.2. The molecule has 30 heavy (non-hydrogen) atoms. The first kappa shape index (κ1) is 20.0. The lowest BCUT2D eigenvalue weighted by Gasteiger charge is -2.15. The van der Waals surface area contributed by atoms with E-state index in [0.717, 1.165) is 24.5 Å². The van der Waals surface area contributed by atoms with E-state index < -0.39 is 20.6 Å². The molecule has 3 aromatic rings. The largest absolute Gasteiger partial charge is 0.477 e. The van der Waals surface area contributed by atoms with Gasteiger partial charge in [-0.05, 0) is 25.0 Å². The summed E-state index contributed by atoms with van der Waals surface area (Å²) in [6.07, 6.45) is 3.11. The van der Waals surface area contributed by atoms with Crippen molar-refractivity contribution in [2.24, 2.45) is 0 Å². The van der Waals surface area contributed by atoms with Gasteiger partial charge in [-0.15, -0.1) is 0 Å². The van der Waals surface area contributed by atoms with Crippen LogP contribution in [0.1, 0.15) is 18.7 Å². The van der Waals surface area contributed by atoms with Gasteiger partial charge in [0.1, 0.15) is 0 Å². The molecule has 2 aromatic carbocycles.